The van der Waals surface area contributed by atoms with Gasteiger partial charge in [-0.2, -0.15) is 0 Å². The molecular formula is C23H31N3O. The van der Waals surface area contributed by atoms with Gasteiger partial charge in [-0.15, -0.1) is 0 Å². The van der Waals surface area contributed by atoms with Crippen LogP contribution in [0.2, 0.25) is 0 Å². The Hall–Kier alpha value is -2.33. The van der Waals surface area contributed by atoms with Crippen molar-refractivity contribution in [1.29, 1.82) is 0 Å². The summed E-state index contributed by atoms with van der Waals surface area (Å²) in [5.41, 5.74) is 4.53. The number of hydrogen-bond acceptors (Lipinski definition) is 2. The van der Waals surface area contributed by atoms with E-state index in [-0.39, 0.29) is 12.1 Å². The van der Waals surface area contributed by atoms with E-state index in [1.165, 1.54) is 11.1 Å². The molecule has 0 aromatic heterocycles. The molecule has 4 heteroatoms. The molecule has 2 aromatic carbocycles. The van der Waals surface area contributed by atoms with E-state index in [2.05, 4.69) is 72.7 Å². The molecule has 0 saturated carbocycles. The molecule has 0 spiro atoms. The Bertz CT molecular complexity index is 762. The molecule has 1 fully saturated rings. The summed E-state index contributed by atoms with van der Waals surface area (Å²) in [5, 5.41) is 6.25. The molecule has 1 aliphatic heterocycles. The molecule has 27 heavy (non-hydrogen) atoms. The first kappa shape index (κ1) is 19.4. The van der Waals surface area contributed by atoms with Crippen molar-refractivity contribution in [2.45, 2.75) is 40.3 Å². The Morgan fingerprint density at radius 2 is 1.67 bits per heavy atom. The van der Waals surface area contributed by atoms with Crippen LogP contribution in [0.25, 0.3) is 0 Å². The van der Waals surface area contributed by atoms with Gasteiger partial charge < -0.3 is 10.6 Å². The number of carbonyl (C=O) groups is 1. The summed E-state index contributed by atoms with van der Waals surface area (Å²) in [4.78, 5) is 15.1. The normalized spacial score (nSPS) is 21.0. The number of urea groups is 1. The Morgan fingerprint density at radius 1 is 1.00 bits per heavy atom. The zero-order valence-corrected chi connectivity index (χ0v) is 16.8. The van der Waals surface area contributed by atoms with Crippen LogP contribution in [0, 0.1) is 25.7 Å². The van der Waals surface area contributed by atoms with Gasteiger partial charge in [-0.3, -0.25) is 4.90 Å². The van der Waals surface area contributed by atoms with E-state index in [1.54, 1.807) is 0 Å². The van der Waals surface area contributed by atoms with Gasteiger partial charge >= 0.3 is 6.03 Å². The molecular weight excluding hydrogens is 334 g/mol. The van der Waals surface area contributed by atoms with Crippen LogP contribution < -0.4 is 10.6 Å². The third kappa shape index (κ3) is 4.89. The Kier molecular flexibility index (Phi) is 6.17. The van der Waals surface area contributed by atoms with E-state index in [4.69, 9.17) is 0 Å². The monoisotopic (exact) mass is 365 g/mol. The van der Waals surface area contributed by atoms with Crippen molar-refractivity contribution >= 4 is 11.7 Å². The number of benzene rings is 2. The van der Waals surface area contributed by atoms with E-state index in [0.29, 0.717) is 11.8 Å². The van der Waals surface area contributed by atoms with Gasteiger partial charge in [-0.1, -0.05) is 56.3 Å². The van der Waals surface area contributed by atoms with Gasteiger partial charge in [-0.05, 0) is 48.4 Å². The molecule has 1 saturated heterocycles. The van der Waals surface area contributed by atoms with Crippen molar-refractivity contribution in [1.82, 2.24) is 10.2 Å². The number of amides is 2. The molecule has 2 amide bonds. The molecule has 1 aliphatic rings. The third-order valence-corrected chi connectivity index (χ3v) is 5.72. The number of carbonyl (C=O) groups excluding carboxylic acids is 1. The smallest absolute Gasteiger partial charge is 0.319 e. The molecule has 1 heterocycles. The minimum Gasteiger partial charge on any atom is -0.335 e. The van der Waals surface area contributed by atoms with Crippen molar-refractivity contribution in [3.05, 3.63) is 65.2 Å². The summed E-state index contributed by atoms with van der Waals surface area (Å²) in [6, 6.07) is 16.7. The molecule has 0 aliphatic carbocycles. The number of anilines is 1. The first-order valence-corrected chi connectivity index (χ1v) is 9.84. The minimum atomic E-state index is -0.107. The van der Waals surface area contributed by atoms with Crippen LogP contribution in [0.1, 0.15) is 30.5 Å². The van der Waals surface area contributed by atoms with E-state index in [0.717, 1.165) is 30.9 Å². The number of aryl methyl sites for hydroxylation is 1. The molecule has 2 aromatic rings. The Labute approximate surface area is 163 Å². The lowest BCUT2D eigenvalue weighted by Crippen LogP contribution is -2.55. The average Bonchev–Trinajstić information content (AvgIpc) is 2.63. The van der Waals surface area contributed by atoms with E-state index >= 15 is 0 Å². The Morgan fingerprint density at radius 3 is 2.33 bits per heavy atom. The fourth-order valence-corrected chi connectivity index (χ4v) is 4.13. The predicted molar refractivity (Wildman–Crippen MR) is 112 cm³/mol. The van der Waals surface area contributed by atoms with Gasteiger partial charge in [0, 0.05) is 31.4 Å². The van der Waals surface area contributed by atoms with Gasteiger partial charge in [0.05, 0.1) is 0 Å². The molecule has 0 bridgehead atoms. The molecule has 3 rings (SSSR count). The average molecular weight is 366 g/mol. The third-order valence-electron chi connectivity index (χ3n) is 5.72. The summed E-state index contributed by atoms with van der Waals surface area (Å²) < 4.78 is 0. The number of nitrogens with one attached hydrogen (secondary N) is 2. The second kappa shape index (κ2) is 8.57. The Balaban J connectivity index is 1.57. The van der Waals surface area contributed by atoms with Crippen molar-refractivity contribution in [3.8, 4) is 0 Å². The number of likely N-dealkylation sites (tertiary alicyclic amines) is 1. The second-order valence-corrected chi connectivity index (χ2v) is 8.01. The van der Waals surface area contributed by atoms with Crippen LogP contribution >= 0.6 is 0 Å². The number of nitrogens with zero attached hydrogens (tertiary/aromatic N) is 1. The minimum absolute atomic E-state index is 0.107. The maximum atomic E-state index is 12.6. The largest absolute Gasteiger partial charge is 0.335 e. The van der Waals surface area contributed by atoms with Crippen LogP contribution in [0.4, 0.5) is 10.5 Å². The van der Waals surface area contributed by atoms with E-state index < -0.39 is 0 Å². The summed E-state index contributed by atoms with van der Waals surface area (Å²) in [5.74, 6) is 0.809. The van der Waals surface area contributed by atoms with Crippen molar-refractivity contribution in [2.24, 2.45) is 11.8 Å². The fourth-order valence-electron chi connectivity index (χ4n) is 4.13. The van der Waals surface area contributed by atoms with Crippen molar-refractivity contribution in [2.75, 3.05) is 18.4 Å². The van der Waals surface area contributed by atoms with E-state index in [9.17, 15) is 4.79 Å². The first-order chi connectivity index (χ1) is 12.9. The van der Waals surface area contributed by atoms with Gasteiger partial charge in [0.25, 0.3) is 0 Å². The summed E-state index contributed by atoms with van der Waals surface area (Å²) in [6.45, 7) is 11.5. The second-order valence-electron chi connectivity index (χ2n) is 8.01. The standard InChI is InChI=1S/C23H31N3O/c1-16-9-8-12-21(19(16)4)24-23(27)25-22-17(2)13-26(14-18(22)3)15-20-10-6-5-7-11-20/h5-12,17-18,22H,13-15H2,1-4H3,(H2,24,25,27)/t17-,18-/m1/s1. The lowest BCUT2D eigenvalue weighted by atomic mass is 9.85. The molecule has 0 unspecified atom stereocenters. The quantitative estimate of drug-likeness (QED) is 0.833. The highest BCUT2D eigenvalue weighted by Crippen LogP contribution is 2.24. The molecule has 0 radical (unpaired) electrons. The van der Waals surface area contributed by atoms with Crippen LogP contribution in [0.15, 0.2) is 48.5 Å². The highest BCUT2D eigenvalue weighted by atomic mass is 16.2. The fraction of sp³-hybridized carbons (Fsp3) is 0.435. The lowest BCUT2D eigenvalue weighted by Gasteiger charge is -2.41. The van der Waals surface area contributed by atoms with Crippen LogP contribution in [0.5, 0.6) is 0 Å². The molecule has 2 N–H and O–H groups in total. The van der Waals surface area contributed by atoms with Gasteiger partial charge in [0.15, 0.2) is 0 Å². The van der Waals surface area contributed by atoms with Gasteiger partial charge in [-0.25, -0.2) is 4.79 Å². The number of rotatable bonds is 4. The predicted octanol–water partition coefficient (Wildman–Crippen LogP) is 4.58. The molecule has 2 atom stereocenters. The maximum Gasteiger partial charge on any atom is 0.319 e. The summed E-state index contributed by atoms with van der Waals surface area (Å²) in [6.07, 6.45) is 0. The summed E-state index contributed by atoms with van der Waals surface area (Å²) >= 11 is 0. The summed E-state index contributed by atoms with van der Waals surface area (Å²) in [7, 11) is 0. The van der Waals surface area contributed by atoms with Gasteiger partial charge in [0.2, 0.25) is 0 Å². The van der Waals surface area contributed by atoms with Crippen LogP contribution in [-0.2, 0) is 6.54 Å². The highest BCUT2D eigenvalue weighted by Gasteiger charge is 2.32. The topological polar surface area (TPSA) is 44.4 Å². The van der Waals surface area contributed by atoms with Crippen LogP contribution in [-0.4, -0.2) is 30.1 Å². The van der Waals surface area contributed by atoms with Gasteiger partial charge in [0.1, 0.15) is 0 Å². The SMILES string of the molecule is Cc1cccc(NC(=O)NC2[C@H](C)CN(Cc3ccccc3)C[C@H]2C)c1C. The zero-order valence-electron chi connectivity index (χ0n) is 16.8. The zero-order chi connectivity index (χ0) is 19.4. The van der Waals surface area contributed by atoms with Crippen molar-refractivity contribution < 1.29 is 4.79 Å². The number of piperidine rings is 1. The number of hydrogen-bond donors (Lipinski definition) is 2. The molecule has 144 valence electrons. The van der Waals surface area contributed by atoms with Crippen molar-refractivity contribution in [3.63, 3.8) is 0 Å². The van der Waals surface area contributed by atoms with Crippen LogP contribution in [0.3, 0.4) is 0 Å². The maximum absolute atomic E-state index is 12.6. The van der Waals surface area contributed by atoms with E-state index in [1.807, 2.05) is 19.1 Å². The first-order valence-electron chi connectivity index (χ1n) is 9.84. The lowest BCUT2D eigenvalue weighted by molar-refractivity contribution is 0.0994. The molecule has 4 nitrogen and oxygen atoms in total. The highest BCUT2D eigenvalue weighted by molar-refractivity contribution is 5.90.